The van der Waals surface area contributed by atoms with Crippen LogP contribution in [0.4, 0.5) is 0 Å². The van der Waals surface area contributed by atoms with E-state index in [2.05, 4.69) is 84.5 Å². The van der Waals surface area contributed by atoms with Gasteiger partial charge in [0.15, 0.2) is 0 Å². The van der Waals surface area contributed by atoms with Crippen LogP contribution < -0.4 is 5.32 Å². The summed E-state index contributed by atoms with van der Waals surface area (Å²) in [6, 6.07) is 15.5. The van der Waals surface area contributed by atoms with E-state index in [1.54, 1.807) is 0 Å². The van der Waals surface area contributed by atoms with Crippen LogP contribution in [0.25, 0.3) is 0 Å². The highest BCUT2D eigenvalue weighted by Crippen LogP contribution is 2.34. The molecule has 0 aromatic heterocycles. The Balaban J connectivity index is 2.14. The quantitative estimate of drug-likeness (QED) is 0.678. The van der Waals surface area contributed by atoms with E-state index in [4.69, 9.17) is 0 Å². The Morgan fingerprint density at radius 3 is 2.62 bits per heavy atom. The molecule has 0 aliphatic carbocycles. The number of halogens is 1. The zero-order valence-corrected chi connectivity index (χ0v) is 15.2. The molecule has 0 aliphatic rings. The zero-order valence-electron chi connectivity index (χ0n) is 12.8. The summed E-state index contributed by atoms with van der Waals surface area (Å²) in [4.78, 5) is 2.58. The molecule has 0 bridgehead atoms. The van der Waals surface area contributed by atoms with Crippen molar-refractivity contribution in [3.8, 4) is 0 Å². The van der Waals surface area contributed by atoms with Crippen molar-refractivity contribution in [2.45, 2.75) is 43.0 Å². The first-order valence-corrected chi connectivity index (χ1v) is 8.99. The monoisotopic (exact) mass is 363 g/mol. The molecule has 0 fully saturated rings. The molecule has 21 heavy (non-hydrogen) atoms. The van der Waals surface area contributed by atoms with E-state index in [0.29, 0.717) is 6.04 Å². The summed E-state index contributed by atoms with van der Waals surface area (Å²) in [7, 11) is 0. The summed E-state index contributed by atoms with van der Waals surface area (Å²) in [6.07, 6.45) is 1.16. The molecule has 2 aromatic carbocycles. The largest absolute Gasteiger partial charge is 0.310 e. The van der Waals surface area contributed by atoms with Gasteiger partial charge in [0.25, 0.3) is 0 Å². The molecule has 0 saturated heterocycles. The van der Waals surface area contributed by atoms with Crippen LogP contribution in [-0.4, -0.2) is 6.54 Å². The van der Waals surface area contributed by atoms with E-state index in [-0.39, 0.29) is 0 Å². The number of aryl methyl sites for hydroxylation is 1. The fourth-order valence-corrected chi connectivity index (χ4v) is 4.01. The van der Waals surface area contributed by atoms with Crippen LogP contribution in [0.5, 0.6) is 0 Å². The van der Waals surface area contributed by atoms with Crippen molar-refractivity contribution in [3.63, 3.8) is 0 Å². The van der Waals surface area contributed by atoms with Gasteiger partial charge in [0.05, 0.1) is 0 Å². The van der Waals surface area contributed by atoms with Gasteiger partial charge in [-0.15, -0.1) is 0 Å². The zero-order chi connectivity index (χ0) is 15.2. The van der Waals surface area contributed by atoms with Crippen molar-refractivity contribution in [1.29, 1.82) is 0 Å². The summed E-state index contributed by atoms with van der Waals surface area (Å²) in [6.45, 7) is 7.61. The molecule has 0 amide bonds. The molecule has 0 radical (unpaired) electrons. The van der Waals surface area contributed by atoms with Crippen LogP contribution in [-0.2, 0) is 0 Å². The first kappa shape index (κ1) is 16.6. The van der Waals surface area contributed by atoms with Crippen molar-refractivity contribution < 1.29 is 0 Å². The second kappa shape index (κ2) is 8.02. The summed E-state index contributed by atoms with van der Waals surface area (Å²) in [5, 5.41) is 3.53. The first-order chi connectivity index (χ1) is 10.1. The normalized spacial score (nSPS) is 12.4. The average Bonchev–Trinajstić information content (AvgIpc) is 2.47. The molecule has 0 aliphatic heterocycles. The smallest absolute Gasteiger partial charge is 0.0302 e. The summed E-state index contributed by atoms with van der Waals surface area (Å²) >= 11 is 5.53. The van der Waals surface area contributed by atoms with Crippen molar-refractivity contribution in [1.82, 2.24) is 5.32 Å². The Kier molecular flexibility index (Phi) is 6.34. The number of benzene rings is 2. The predicted octanol–water partition coefficient (Wildman–Crippen LogP) is 5.97. The summed E-state index contributed by atoms with van der Waals surface area (Å²) in [5.41, 5.74) is 2.64. The third-order valence-corrected chi connectivity index (χ3v) is 5.31. The summed E-state index contributed by atoms with van der Waals surface area (Å²) in [5.74, 6) is 0. The minimum Gasteiger partial charge on any atom is -0.310 e. The van der Waals surface area contributed by atoms with E-state index in [9.17, 15) is 0 Å². The van der Waals surface area contributed by atoms with Gasteiger partial charge in [-0.3, -0.25) is 0 Å². The third kappa shape index (κ3) is 4.60. The molecule has 1 unspecified atom stereocenters. The maximum Gasteiger partial charge on any atom is 0.0302 e. The molecule has 0 spiro atoms. The van der Waals surface area contributed by atoms with E-state index >= 15 is 0 Å². The van der Waals surface area contributed by atoms with Gasteiger partial charge in [-0.2, -0.15) is 0 Å². The van der Waals surface area contributed by atoms with Crippen molar-refractivity contribution >= 4 is 27.7 Å². The van der Waals surface area contributed by atoms with Crippen LogP contribution in [0.3, 0.4) is 0 Å². The number of hydrogen-bond donors (Lipinski definition) is 1. The van der Waals surface area contributed by atoms with E-state index < -0.39 is 0 Å². The Labute approximate surface area is 140 Å². The van der Waals surface area contributed by atoms with Gasteiger partial charge in [0.1, 0.15) is 0 Å². The maximum absolute atomic E-state index is 3.72. The molecule has 1 nitrogen and oxygen atoms in total. The fraction of sp³-hybridized carbons (Fsp3) is 0.333. The standard InChI is InChI=1S/C18H22BrNS/c1-4-11-20-14(3)16-10-9-15(12-17(16)19)21-18-8-6-5-7-13(18)2/h5-10,12,14,20H,4,11H2,1-3H3. The Hall–Kier alpha value is -0.770. The minimum absolute atomic E-state index is 0.372. The summed E-state index contributed by atoms with van der Waals surface area (Å²) < 4.78 is 1.18. The molecule has 1 N–H and O–H groups in total. The van der Waals surface area contributed by atoms with Crippen molar-refractivity contribution in [3.05, 3.63) is 58.1 Å². The average molecular weight is 364 g/mol. The van der Waals surface area contributed by atoms with Gasteiger partial charge >= 0.3 is 0 Å². The topological polar surface area (TPSA) is 12.0 Å². The Bertz CT molecular complexity index is 598. The molecule has 1 atom stereocenters. The Morgan fingerprint density at radius 2 is 1.95 bits per heavy atom. The van der Waals surface area contributed by atoms with Gasteiger partial charge in [-0.05, 0) is 56.1 Å². The van der Waals surface area contributed by atoms with Crippen LogP contribution in [0.1, 0.15) is 37.4 Å². The minimum atomic E-state index is 0.372. The van der Waals surface area contributed by atoms with Gasteiger partial charge < -0.3 is 5.32 Å². The first-order valence-electron chi connectivity index (χ1n) is 7.38. The van der Waals surface area contributed by atoms with E-state index in [1.165, 1.54) is 25.4 Å². The predicted molar refractivity (Wildman–Crippen MR) is 96.2 cm³/mol. The molecular formula is C18H22BrNS. The van der Waals surface area contributed by atoms with Crippen LogP contribution in [0.15, 0.2) is 56.7 Å². The lowest BCUT2D eigenvalue weighted by molar-refractivity contribution is 0.568. The highest BCUT2D eigenvalue weighted by Gasteiger charge is 2.10. The molecule has 0 saturated carbocycles. The lowest BCUT2D eigenvalue weighted by Gasteiger charge is -2.16. The highest BCUT2D eigenvalue weighted by molar-refractivity contribution is 9.10. The SMILES string of the molecule is CCCNC(C)c1ccc(Sc2ccccc2C)cc1Br. The number of hydrogen-bond acceptors (Lipinski definition) is 2. The van der Waals surface area contributed by atoms with Gasteiger partial charge in [-0.1, -0.05) is 58.9 Å². The Morgan fingerprint density at radius 1 is 1.19 bits per heavy atom. The number of rotatable bonds is 6. The molecule has 112 valence electrons. The van der Waals surface area contributed by atoms with E-state index in [1.807, 2.05) is 11.8 Å². The molecule has 2 rings (SSSR count). The fourth-order valence-electron chi connectivity index (χ4n) is 2.19. The van der Waals surface area contributed by atoms with Crippen LogP contribution >= 0.6 is 27.7 Å². The maximum atomic E-state index is 3.72. The van der Waals surface area contributed by atoms with Crippen molar-refractivity contribution in [2.75, 3.05) is 6.54 Å². The van der Waals surface area contributed by atoms with Crippen LogP contribution in [0, 0.1) is 6.92 Å². The second-order valence-corrected chi connectivity index (χ2v) is 7.20. The molecule has 0 heterocycles. The van der Waals surface area contributed by atoms with Gasteiger partial charge in [-0.25, -0.2) is 0 Å². The lowest BCUT2D eigenvalue weighted by atomic mass is 10.1. The lowest BCUT2D eigenvalue weighted by Crippen LogP contribution is -2.19. The molecule has 3 heteroatoms. The molecular weight excluding hydrogens is 342 g/mol. The van der Waals surface area contributed by atoms with Gasteiger partial charge in [0, 0.05) is 20.3 Å². The number of nitrogens with one attached hydrogen (secondary N) is 1. The van der Waals surface area contributed by atoms with E-state index in [0.717, 1.165) is 13.0 Å². The second-order valence-electron chi connectivity index (χ2n) is 5.23. The van der Waals surface area contributed by atoms with Crippen LogP contribution in [0.2, 0.25) is 0 Å². The highest BCUT2D eigenvalue weighted by atomic mass is 79.9. The third-order valence-electron chi connectivity index (χ3n) is 3.46. The van der Waals surface area contributed by atoms with Crippen molar-refractivity contribution in [2.24, 2.45) is 0 Å². The molecule has 2 aromatic rings. The van der Waals surface area contributed by atoms with Gasteiger partial charge in [0.2, 0.25) is 0 Å².